The maximum Gasteiger partial charge on any atom is 0.309 e. The van der Waals surface area contributed by atoms with E-state index in [1.165, 1.54) is 0 Å². The molecule has 0 unspecified atom stereocenters. The van der Waals surface area contributed by atoms with Crippen molar-refractivity contribution in [2.24, 2.45) is 51.2 Å². The van der Waals surface area contributed by atoms with Gasteiger partial charge in [-0.25, -0.2) is 0 Å². The van der Waals surface area contributed by atoms with Gasteiger partial charge in [-0.15, -0.1) is 0 Å². The van der Waals surface area contributed by atoms with Gasteiger partial charge in [0.15, 0.2) is 11.6 Å². The van der Waals surface area contributed by atoms with E-state index >= 15 is 0 Å². The lowest BCUT2D eigenvalue weighted by molar-refractivity contribution is -0.159. The standard InChI is InChI=1S/C30H40O7/c1-13-11-30(12-14(2)25(36)37-30)21-18(13)28(6)24(35)22(33)20-19(29(28,7)23(21)34)15(31)10-16-26(3,4)17(32)8-9-27(16,20)5/h13-16,18,21,24,31,35H,8-12H2,1-7H3/t13-,14-,15+,16+,18+,21-,24-,27+,28+,29-,30+/m1/s1. The number of ketones is 3. The number of aliphatic hydroxyl groups is 2. The van der Waals surface area contributed by atoms with Crippen molar-refractivity contribution >= 4 is 23.3 Å². The molecular formula is C30H40O7. The molecule has 11 atom stereocenters. The van der Waals surface area contributed by atoms with Gasteiger partial charge in [0.1, 0.15) is 17.5 Å². The van der Waals surface area contributed by atoms with E-state index in [2.05, 4.69) is 0 Å². The van der Waals surface area contributed by atoms with Crippen LogP contribution in [0.4, 0.5) is 0 Å². The Labute approximate surface area is 218 Å². The van der Waals surface area contributed by atoms with Gasteiger partial charge in [-0.1, -0.05) is 41.5 Å². The summed E-state index contributed by atoms with van der Waals surface area (Å²) in [6, 6.07) is 0. The zero-order valence-electron chi connectivity index (χ0n) is 23.0. The summed E-state index contributed by atoms with van der Waals surface area (Å²) < 4.78 is 6.00. The van der Waals surface area contributed by atoms with E-state index in [4.69, 9.17) is 4.74 Å². The fourth-order valence-electron chi connectivity index (χ4n) is 10.8. The van der Waals surface area contributed by atoms with E-state index in [0.29, 0.717) is 43.3 Å². The molecule has 0 amide bonds. The fourth-order valence-corrected chi connectivity index (χ4v) is 10.8. The third kappa shape index (κ3) is 2.53. The predicted molar refractivity (Wildman–Crippen MR) is 133 cm³/mol. The minimum Gasteiger partial charge on any atom is -0.458 e. The zero-order valence-corrected chi connectivity index (χ0v) is 23.0. The van der Waals surface area contributed by atoms with Crippen LogP contribution in [0.15, 0.2) is 11.1 Å². The van der Waals surface area contributed by atoms with E-state index < -0.39 is 51.2 Å². The van der Waals surface area contributed by atoms with Crippen molar-refractivity contribution in [3.8, 4) is 0 Å². The van der Waals surface area contributed by atoms with Gasteiger partial charge in [0.05, 0.1) is 23.4 Å². The maximum atomic E-state index is 14.8. The van der Waals surface area contributed by atoms with Gasteiger partial charge in [-0.05, 0) is 49.5 Å². The van der Waals surface area contributed by atoms with Gasteiger partial charge in [-0.2, -0.15) is 0 Å². The first-order chi connectivity index (χ1) is 17.0. The smallest absolute Gasteiger partial charge is 0.309 e. The summed E-state index contributed by atoms with van der Waals surface area (Å²) in [5, 5.41) is 23.7. The number of fused-ring (bicyclic) bond motifs is 7. The van der Waals surface area contributed by atoms with Crippen LogP contribution in [0.25, 0.3) is 0 Å². The van der Waals surface area contributed by atoms with Crippen LogP contribution in [-0.4, -0.2) is 51.3 Å². The molecule has 1 aliphatic heterocycles. The molecule has 0 aromatic carbocycles. The Morgan fingerprint density at radius 3 is 2.19 bits per heavy atom. The first kappa shape index (κ1) is 25.4. The highest BCUT2D eigenvalue weighted by Crippen LogP contribution is 2.75. The van der Waals surface area contributed by atoms with Crippen LogP contribution in [-0.2, 0) is 23.9 Å². The molecule has 4 fully saturated rings. The SMILES string of the molecule is C[C@@H]1C[C@]2(C[C@@H](C)[C@H]3[C@@H]2C(=O)[C@@]2(C)C4=C(C(=O)[C@@H](O)[C@]32C)[C@@]2(C)CCC(=O)C(C)(C)[C@@H]2C[C@@H]4O)OC1=O. The predicted octanol–water partition coefficient (Wildman–Crippen LogP) is 3.19. The number of aliphatic hydroxyl groups excluding tert-OH is 2. The maximum absolute atomic E-state index is 14.8. The number of esters is 1. The fraction of sp³-hybridized carbons (Fsp3) is 0.800. The van der Waals surface area contributed by atoms with Gasteiger partial charge in [0.25, 0.3) is 0 Å². The Kier molecular flexibility index (Phi) is 4.82. The number of carbonyl (C=O) groups excluding carboxylic acids is 4. The van der Waals surface area contributed by atoms with E-state index in [1.807, 2.05) is 48.5 Å². The normalized spacial score (nSPS) is 54.2. The van der Waals surface area contributed by atoms with Crippen molar-refractivity contribution in [2.45, 2.75) is 98.4 Å². The van der Waals surface area contributed by atoms with Crippen molar-refractivity contribution < 1.29 is 34.1 Å². The molecule has 3 saturated carbocycles. The lowest BCUT2D eigenvalue weighted by Gasteiger charge is -2.61. The lowest BCUT2D eigenvalue weighted by atomic mass is 9.42. The van der Waals surface area contributed by atoms with Gasteiger partial charge in [-0.3, -0.25) is 19.2 Å². The highest BCUT2D eigenvalue weighted by Gasteiger charge is 2.81. The Morgan fingerprint density at radius 1 is 0.946 bits per heavy atom. The molecule has 7 heteroatoms. The van der Waals surface area contributed by atoms with Gasteiger partial charge in [0.2, 0.25) is 0 Å². The topological polar surface area (TPSA) is 118 Å². The second kappa shape index (κ2) is 7.01. The number of rotatable bonds is 0. The summed E-state index contributed by atoms with van der Waals surface area (Å²) in [7, 11) is 0. The molecule has 0 radical (unpaired) electrons. The molecule has 202 valence electrons. The summed E-state index contributed by atoms with van der Waals surface area (Å²) in [6.45, 7) is 13.3. The molecule has 7 nitrogen and oxygen atoms in total. The second-order valence-corrected chi connectivity index (χ2v) is 14.5. The Hall–Kier alpha value is -1.86. The van der Waals surface area contributed by atoms with Crippen LogP contribution in [0.3, 0.4) is 0 Å². The third-order valence-electron chi connectivity index (χ3n) is 12.6. The van der Waals surface area contributed by atoms with Gasteiger partial charge >= 0.3 is 5.97 Å². The van der Waals surface area contributed by atoms with Crippen LogP contribution < -0.4 is 0 Å². The lowest BCUT2D eigenvalue weighted by Crippen LogP contribution is -2.64. The minimum absolute atomic E-state index is 0.0567. The molecule has 0 bridgehead atoms. The molecular weight excluding hydrogens is 472 g/mol. The van der Waals surface area contributed by atoms with Crippen LogP contribution in [0.1, 0.15) is 80.6 Å². The number of Topliss-reactive ketones (excluding diaryl/α,β-unsaturated/α-hetero) is 3. The molecule has 37 heavy (non-hydrogen) atoms. The average Bonchev–Trinajstić information content (AvgIpc) is 3.33. The van der Waals surface area contributed by atoms with E-state index in [-0.39, 0.29) is 41.2 Å². The summed E-state index contributed by atoms with van der Waals surface area (Å²) in [5.41, 5.74) is -4.01. The number of hydrogen-bond donors (Lipinski definition) is 2. The molecule has 6 aliphatic rings. The van der Waals surface area contributed by atoms with Crippen LogP contribution in [0, 0.1) is 51.2 Å². The first-order valence-corrected chi connectivity index (χ1v) is 14.0. The highest BCUT2D eigenvalue weighted by molar-refractivity contribution is 6.09. The van der Waals surface area contributed by atoms with Crippen molar-refractivity contribution in [1.29, 1.82) is 0 Å². The average molecular weight is 513 g/mol. The Morgan fingerprint density at radius 2 is 1.59 bits per heavy atom. The molecule has 1 heterocycles. The first-order valence-electron chi connectivity index (χ1n) is 14.0. The number of carbonyl (C=O) groups is 4. The molecule has 1 saturated heterocycles. The molecule has 2 N–H and O–H groups in total. The largest absolute Gasteiger partial charge is 0.458 e. The molecule has 0 aromatic rings. The second-order valence-electron chi connectivity index (χ2n) is 14.5. The zero-order chi connectivity index (χ0) is 27.2. The highest BCUT2D eigenvalue weighted by atomic mass is 16.6. The van der Waals surface area contributed by atoms with Crippen molar-refractivity contribution in [3.63, 3.8) is 0 Å². The quantitative estimate of drug-likeness (QED) is 0.479. The van der Waals surface area contributed by atoms with Gasteiger partial charge < -0.3 is 14.9 Å². The number of hydrogen-bond acceptors (Lipinski definition) is 7. The molecule has 6 rings (SSSR count). The molecule has 0 aromatic heterocycles. The van der Waals surface area contributed by atoms with Crippen molar-refractivity contribution in [2.75, 3.05) is 0 Å². The minimum atomic E-state index is -1.43. The van der Waals surface area contributed by atoms with Crippen molar-refractivity contribution in [3.05, 3.63) is 11.1 Å². The van der Waals surface area contributed by atoms with E-state index in [0.717, 1.165) is 0 Å². The summed E-state index contributed by atoms with van der Waals surface area (Å²) in [5.74, 6) is -2.38. The molecule has 1 spiro atoms. The van der Waals surface area contributed by atoms with Gasteiger partial charge in [0, 0.05) is 34.7 Å². The van der Waals surface area contributed by atoms with Crippen LogP contribution >= 0.6 is 0 Å². The summed E-state index contributed by atoms with van der Waals surface area (Å²) in [6.07, 6.45) is -0.460. The van der Waals surface area contributed by atoms with E-state index in [9.17, 15) is 29.4 Å². The third-order valence-corrected chi connectivity index (χ3v) is 12.6. The van der Waals surface area contributed by atoms with Crippen molar-refractivity contribution in [1.82, 2.24) is 0 Å². The Balaban J connectivity index is 1.59. The monoisotopic (exact) mass is 512 g/mol. The Bertz CT molecular complexity index is 1200. The molecule has 5 aliphatic carbocycles. The van der Waals surface area contributed by atoms with E-state index in [1.54, 1.807) is 0 Å². The van der Waals surface area contributed by atoms with Crippen LogP contribution in [0.2, 0.25) is 0 Å². The van der Waals surface area contributed by atoms with Crippen LogP contribution in [0.5, 0.6) is 0 Å². The number of ether oxygens (including phenoxy) is 1. The summed E-state index contributed by atoms with van der Waals surface area (Å²) in [4.78, 5) is 54.5. The summed E-state index contributed by atoms with van der Waals surface area (Å²) >= 11 is 0.